The van der Waals surface area contributed by atoms with Crippen molar-refractivity contribution in [3.8, 4) is 28.4 Å². The van der Waals surface area contributed by atoms with Crippen LogP contribution in [0.5, 0.6) is 17.2 Å². The lowest BCUT2D eigenvalue weighted by Gasteiger charge is -2.09. The van der Waals surface area contributed by atoms with Gasteiger partial charge in [-0.25, -0.2) is 0 Å². The third-order valence-electron chi connectivity index (χ3n) is 5.41. The Labute approximate surface area is 218 Å². The molecule has 0 radical (unpaired) electrons. The lowest BCUT2D eigenvalue weighted by molar-refractivity contribution is 0.480. The van der Waals surface area contributed by atoms with Gasteiger partial charge in [0.1, 0.15) is 22.5 Å². The van der Waals surface area contributed by atoms with Gasteiger partial charge in [-0.15, -0.1) is 0 Å². The van der Waals surface area contributed by atoms with E-state index in [0.29, 0.717) is 11.0 Å². The molecule has 0 aliphatic heterocycles. The van der Waals surface area contributed by atoms with E-state index in [2.05, 4.69) is 28.2 Å². The van der Waals surface area contributed by atoms with Gasteiger partial charge in [-0.05, 0) is 35.9 Å². The number of hydrogen-bond donors (Lipinski definition) is 2. The highest BCUT2D eigenvalue weighted by molar-refractivity contribution is 6.00. The van der Waals surface area contributed by atoms with Gasteiger partial charge >= 0.3 is 16.6 Å². The first-order chi connectivity index (χ1) is 17.7. The summed E-state index contributed by atoms with van der Waals surface area (Å²) in [4.78, 5) is 8.06. The predicted octanol–water partition coefficient (Wildman–Crippen LogP) is 6.16. The van der Waals surface area contributed by atoms with Gasteiger partial charge in [0.15, 0.2) is 0 Å². The summed E-state index contributed by atoms with van der Waals surface area (Å²) in [6, 6.07) is 36.7. The fraction of sp³-hybridized carbons (Fsp3) is 0. The maximum atomic E-state index is 9.31. The van der Waals surface area contributed by atoms with Gasteiger partial charge in [0, 0.05) is 28.7 Å². The van der Waals surface area contributed by atoms with E-state index >= 15 is 0 Å². The van der Waals surface area contributed by atoms with Crippen molar-refractivity contribution >= 4 is 38.4 Å². The zero-order valence-electron chi connectivity index (χ0n) is 19.8. The van der Waals surface area contributed by atoms with Crippen molar-refractivity contribution in [2.45, 2.75) is 0 Å². The number of fused-ring (bicyclic) bond motifs is 2. The van der Waals surface area contributed by atoms with Crippen LogP contribution in [0.25, 0.3) is 32.9 Å². The standard InChI is InChI=1S/C12H10O.2C9H7NO.Al.2H/c13-12-9-5-4-8-11(12)10-6-2-1-3-7-10;2*11-8-5-1-3-7-4-2-6-10-9(7)8;;;/h1-9,13H;2*1-6,11H;;;/q;;;+1;;/p-1. The van der Waals surface area contributed by atoms with Crippen molar-refractivity contribution < 1.29 is 14.0 Å². The fourth-order valence-corrected chi connectivity index (χ4v) is 4.03. The summed E-state index contributed by atoms with van der Waals surface area (Å²) in [7, 11) is 0. The summed E-state index contributed by atoms with van der Waals surface area (Å²) in [6.07, 6.45) is 3.34. The molecule has 2 N–H and O–H groups in total. The molecule has 0 atom stereocenters. The van der Waals surface area contributed by atoms with E-state index in [1.807, 2.05) is 72.8 Å². The summed E-state index contributed by atoms with van der Waals surface area (Å²) in [6.45, 7) is 0. The molecule has 0 saturated heterocycles. The molecule has 0 amide bonds. The Hall–Kier alpha value is -4.37. The van der Waals surface area contributed by atoms with Gasteiger partial charge in [-0.1, -0.05) is 84.9 Å². The topological polar surface area (TPSA) is 75.5 Å². The molecule has 4 aromatic carbocycles. The number of pyridine rings is 2. The Morgan fingerprint density at radius 1 is 0.528 bits per heavy atom. The third-order valence-corrected chi connectivity index (χ3v) is 5.85. The van der Waals surface area contributed by atoms with Gasteiger partial charge in [-0.2, -0.15) is 0 Å². The molecule has 0 saturated carbocycles. The quantitative estimate of drug-likeness (QED) is 0.286. The molecule has 0 bridgehead atoms. The largest absolute Gasteiger partial charge is 0.647 e. The molecule has 0 aliphatic rings. The van der Waals surface area contributed by atoms with Gasteiger partial charge in [0.25, 0.3) is 0 Å². The molecule has 176 valence electrons. The van der Waals surface area contributed by atoms with Crippen molar-refractivity contribution in [2.75, 3.05) is 0 Å². The highest BCUT2D eigenvalue weighted by Crippen LogP contribution is 2.28. The van der Waals surface area contributed by atoms with Crippen molar-refractivity contribution in [3.05, 3.63) is 128 Å². The minimum Gasteiger partial charge on any atom is -0.647 e. The van der Waals surface area contributed by atoms with E-state index in [4.69, 9.17) is 3.79 Å². The molecule has 6 aromatic rings. The molecule has 0 unspecified atom stereocenters. The van der Waals surface area contributed by atoms with Crippen molar-refractivity contribution in [1.82, 2.24) is 9.97 Å². The molecular weight excluding hydrogens is 463 g/mol. The number of benzene rings is 4. The lowest BCUT2D eigenvalue weighted by Crippen LogP contribution is -1.88. The molecule has 0 spiro atoms. The summed E-state index contributed by atoms with van der Waals surface area (Å²) in [5, 5.41) is 20.5. The summed E-state index contributed by atoms with van der Waals surface area (Å²) >= 11 is 0.726. The number of aromatic hydroxyl groups is 2. The van der Waals surface area contributed by atoms with Crippen LogP contribution in [0.15, 0.2) is 128 Å². The van der Waals surface area contributed by atoms with E-state index in [9.17, 15) is 10.2 Å². The Balaban J connectivity index is 0.000000128. The third kappa shape index (κ3) is 6.19. The maximum absolute atomic E-state index is 9.31. The van der Waals surface area contributed by atoms with Crippen molar-refractivity contribution in [2.24, 2.45) is 0 Å². The van der Waals surface area contributed by atoms with Gasteiger partial charge in [0.05, 0.1) is 5.75 Å². The number of rotatable bonds is 2. The fourth-order valence-electron chi connectivity index (χ4n) is 3.68. The summed E-state index contributed by atoms with van der Waals surface area (Å²) in [5.74, 6) is 1.46. The molecular formula is C30H25AlN2O3. The molecule has 0 fully saturated rings. The second-order valence-corrected chi connectivity index (χ2v) is 8.18. The molecule has 6 heteroatoms. The van der Waals surface area contributed by atoms with E-state index in [-0.39, 0.29) is 11.5 Å². The smallest absolute Gasteiger partial charge is 0.496 e. The summed E-state index contributed by atoms with van der Waals surface area (Å²) in [5.41, 5.74) is 3.70. The van der Waals surface area contributed by atoms with Gasteiger partial charge < -0.3 is 14.0 Å². The van der Waals surface area contributed by atoms with Crippen LogP contribution in [0.3, 0.4) is 0 Å². The Morgan fingerprint density at radius 2 is 1.03 bits per heavy atom. The van der Waals surface area contributed by atoms with Crippen LogP contribution in [0.1, 0.15) is 0 Å². The first kappa shape index (κ1) is 24.7. The average molecular weight is 489 g/mol. The van der Waals surface area contributed by atoms with Crippen LogP contribution in [-0.2, 0) is 0 Å². The molecule has 0 aliphatic carbocycles. The highest BCUT2D eigenvalue weighted by Gasteiger charge is 2.01. The highest BCUT2D eigenvalue weighted by atomic mass is 27.1. The second-order valence-electron chi connectivity index (χ2n) is 7.77. The first-order valence-electron chi connectivity index (χ1n) is 11.4. The van der Waals surface area contributed by atoms with Crippen molar-refractivity contribution in [3.63, 3.8) is 0 Å². The molecule has 36 heavy (non-hydrogen) atoms. The van der Waals surface area contributed by atoms with Gasteiger partial charge in [-0.3, -0.25) is 9.97 Å². The normalized spacial score (nSPS) is 10.0. The lowest BCUT2D eigenvalue weighted by atomic mass is 10.1. The van der Waals surface area contributed by atoms with Gasteiger partial charge in [0.2, 0.25) is 0 Å². The number of para-hydroxylation sites is 3. The number of phenols is 2. The van der Waals surface area contributed by atoms with E-state index < -0.39 is 0 Å². The Kier molecular flexibility index (Phi) is 8.50. The minimum atomic E-state index is 0.239. The number of aromatic nitrogens is 2. The van der Waals surface area contributed by atoms with E-state index in [1.54, 1.807) is 36.7 Å². The van der Waals surface area contributed by atoms with Crippen LogP contribution in [0.4, 0.5) is 0 Å². The Bertz CT molecular complexity index is 1470. The van der Waals surface area contributed by atoms with Crippen LogP contribution in [0, 0.1) is 0 Å². The molecule has 6 rings (SSSR count). The molecule has 2 heterocycles. The van der Waals surface area contributed by atoms with E-state index in [1.165, 1.54) is 11.1 Å². The number of phenolic OH excluding ortho intramolecular Hbond substituents is 2. The maximum Gasteiger partial charge on any atom is 0.496 e. The second kappa shape index (κ2) is 12.4. The number of nitrogens with zero attached hydrogens (tertiary/aromatic N) is 2. The predicted molar refractivity (Wildman–Crippen MR) is 148 cm³/mol. The monoisotopic (exact) mass is 488 g/mol. The average Bonchev–Trinajstić information content (AvgIpc) is 2.95. The van der Waals surface area contributed by atoms with E-state index in [0.717, 1.165) is 33.1 Å². The first-order valence-corrected chi connectivity index (χ1v) is 12.2. The van der Waals surface area contributed by atoms with Crippen LogP contribution in [-0.4, -0.2) is 36.8 Å². The van der Waals surface area contributed by atoms with Crippen LogP contribution < -0.4 is 3.79 Å². The zero-order valence-corrected chi connectivity index (χ0v) is 21.8. The minimum absolute atomic E-state index is 0.239. The molecule has 2 aromatic heterocycles. The van der Waals surface area contributed by atoms with Crippen LogP contribution >= 0.6 is 0 Å². The zero-order chi connectivity index (χ0) is 25.2. The SMILES string of the molecule is Oc1cccc2cccnc12.Oc1cccc2cccnc12.[AlH2][O]c1ccccc1-c1ccccc1. The number of hydrogen-bond acceptors (Lipinski definition) is 5. The van der Waals surface area contributed by atoms with Crippen molar-refractivity contribution in [1.29, 1.82) is 0 Å². The summed E-state index contributed by atoms with van der Waals surface area (Å²) < 4.78 is 5.44. The molecule has 5 nitrogen and oxygen atoms in total. The van der Waals surface area contributed by atoms with Crippen LogP contribution in [0.2, 0.25) is 0 Å². The Morgan fingerprint density at radius 3 is 1.56 bits per heavy atom.